The molecule has 1 saturated heterocycles. The molecule has 1 N–H and O–H groups in total. The highest BCUT2D eigenvalue weighted by Crippen LogP contribution is 2.29. The minimum atomic E-state index is -0.0640. The number of hydrogen-bond acceptors (Lipinski definition) is 7. The number of anilines is 1. The van der Waals surface area contributed by atoms with Crippen molar-refractivity contribution in [3.63, 3.8) is 0 Å². The van der Waals surface area contributed by atoms with E-state index in [9.17, 15) is 4.79 Å². The van der Waals surface area contributed by atoms with Gasteiger partial charge in [-0.05, 0) is 38.0 Å². The van der Waals surface area contributed by atoms with E-state index in [0.29, 0.717) is 24.7 Å². The lowest BCUT2D eigenvalue weighted by Gasteiger charge is -2.18. The van der Waals surface area contributed by atoms with Gasteiger partial charge in [-0.1, -0.05) is 6.07 Å². The van der Waals surface area contributed by atoms with Crippen LogP contribution in [0, 0.1) is 6.92 Å². The molecule has 7 nitrogen and oxygen atoms in total. The first kappa shape index (κ1) is 18.8. The fourth-order valence-electron chi connectivity index (χ4n) is 3.42. The molecular formula is C20H23N5O2S. The molecule has 0 bridgehead atoms. The van der Waals surface area contributed by atoms with Crippen LogP contribution >= 0.6 is 11.3 Å². The summed E-state index contributed by atoms with van der Waals surface area (Å²) in [5, 5.41) is 3.31. The molecule has 0 spiro atoms. The van der Waals surface area contributed by atoms with Crippen LogP contribution < -0.4 is 5.32 Å². The number of hydrogen-bond donors (Lipinski definition) is 1. The van der Waals surface area contributed by atoms with Crippen LogP contribution in [-0.4, -0.2) is 52.1 Å². The Morgan fingerprint density at radius 1 is 1.43 bits per heavy atom. The van der Waals surface area contributed by atoms with Gasteiger partial charge in [0.1, 0.15) is 0 Å². The van der Waals surface area contributed by atoms with Gasteiger partial charge in [-0.2, -0.15) is 0 Å². The minimum Gasteiger partial charge on any atom is -0.380 e. The third-order valence-electron chi connectivity index (χ3n) is 4.99. The summed E-state index contributed by atoms with van der Waals surface area (Å²) < 4.78 is 6.24. The molecule has 28 heavy (non-hydrogen) atoms. The number of methoxy groups -OCH3 is 1. The van der Waals surface area contributed by atoms with Gasteiger partial charge >= 0.3 is 0 Å². The molecular weight excluding hydrogens is 374 g/mol. The van der Waals surface area contributed by atoms with Crippen molar-refractivity contribution in [1.82, 2.24) is 19.9 Å². The van der Waals surface area contributed by atoms with E-state index in [-0.39, 0.29) is 18.1 Å². The van der Waals surface area contributed by atoms with Gasteiger partial charge in [-0.25, -0.2) is 9.97 Å². The summed E-state index contributed by atoms with van der Waals surface area (Å²) in [6.07, 6.45) is 4.50. The van der Waals surface area contributed by atoms with Gasteiger partial charge in [0.15, 0.2) is 5.69 Å². The van der Waals surface area contributed by atoms with Crippen molar-refractivity contribution in [3.8, 4) is 0 Å². The third kappa shape index (κ3) is 3.70. The number of nitrogens with one attached hydrogen (secondary N) is 1. The zero-order valence-corrected chi connectivity index (χ0v) is 17.0. The van der Waals surface area contributed by atoms with Gasteiger partial charge in [-0.15, -0.1) is 11.3 Å². The number of fused-ring (bicyclic) bond motifs is 1. The highest BCUT2D eigenvalue weighted by atomic mass is 32.1. The summed E-state index contributed by atoms with van der Waals surface area (Å²) in [5.41, 5.74) is 2.29. The monoisotopic (exact) mass is 397 g/mol. The zero-order chi connectivity index (χ0) is 19.7. The standard InChI is InChI=1S/C20H23N5O2S/c1-12-9-16-18(28-12)17(19(26)25-8-6-15(11-25)27-3)24-20(23-16)22-13(2)14-5-4-7-21-10-14/h4-5,7,9-10,13,15H,6,8,11H2,1-3H3,(H,22,23,24)/t13?,15-/m1/s1. The fraction of sp³-hybridized carbons (Fsp3) is 0.400. The molecule has 1 unspecified atom stereocenters. The van der Waals surface area contributed by atoms with Crippen LogP contribution in [0.15, 0.2) is 30.6 Å². The maximum absolute atomic E-state index is 13.2. The number of thiophene rings is 1. The van der Waals surface area contributed by atoms with Crippen LogP contribution in [0.1, 0.15) is 40.3 Å². The average molecular weight is 398 g/mol. The topological polar surface area (TPSA) is 80.2 Å². The van der Waals surface area contributed by atoms with E-state index in [4.69, 9.17) is 4.74 Å². The number of pyridine rings is 1. The molecule has 2 atom stereocenters. The Kier molecular flexibility index (Phi) is 5.23. The number of carbonyl (C=O) groups is 1. The molecule has 1 fully saturated rings. The summed E-state index contributed by atoms with van der Waals surface area (Å²) in [4.78, 5) is 29.5. The van der Waals surface area contributed by atoms with Gasteiger partial charge in [0.25, 0.3) is 5.91 Å². The van der Waals surface area contributed by atoms with Crippen LogP contribution in [0.25, 0.3) is 10.2 Å². The van der Waals surface area contributed by atoms with Crippen molar-refractivity contribution in [3.05, 3.63) is 46.7 Å². The Hall–Kier alpha value is -2.58. The molecule has 0 radical (unpaired) electrons. The number of nitrogens with zero attached hydrogens (tertiary/aromatic N) is 4. The van der Waals surface area contributed by atoms with E-state index >= 15 is 0 Å². The number of amides is 1. The van der Waals surface area contributed by atoms with Crippen LogP contribution in [0.3, 0.4) is 0 Å². The van der Waals surface area contributed by atoms with Crippen molar-refractivity contribution in [1.29, 1.82) is 0 Å². The van der Waals surface area contributed by atoms with E-state index in [2.05, 4.69) is 20.3 Å². The highest BCUT2D eigenvalue weighted by molar-refractivity contribution is 7.19. The molecule has 4 rings (SSSR count). The van der Waals surface area contributed by atoms with E-state index < -0.39 is 0 Å². The summed E-state index contributed by atoms with van der Waals surface area (Å²) >= 11 is 1.55. The Morgan fingerprint density at radius 3 is 3.00 bits per heavy atom. The lowest BCUT2D eigenvalue weighted by molar-refractivity contribution is 0.0721. The van der Waals surface area contributed by atoms with Crippen molar-refractivity contribution < 1.29 is 9.53 Å². The molecule has 1 amide bonds. The normalized spacial score (nSPS) is 17.8. The Balaban J connectivity index is 1.66. The summed E-state index contributed by atoms with van der Waals surface area (Å²) in [6.45, 7) is 5.32. The SMILES string of the molecule is CO[C@@H]1CCN(C(=O)c2nc(NC(C)c3cccnc3)nc3cc(C)sc23)C1. The first-order chi connectivity index (χ1) is 13.5. The summed E-state index contributed by atoms with van der Waals surface area (Å²) in [7, 11) is 1.69. The molecule has 1 aliphatic rings. The van der Waals surface area contributed by atoms with E-state index in [1.54, 1.807) is 24.6 Å². The number of ether oxygens (including phenoxy) is 1. The predicted molar refractivity (Wildman–Crippen MR) is 110 cm³/mol. The van der Waals surface area contributed by atoms with Crippen LogP contribution in [0.2, 0.25) is 0 Å². The lowest BCUT2D eigenvalue weighted by Crippen LogP contribution is -2.31. The number of likely N-dealkylation sites (tertiary alicyclic amines) is 1. The molecule has 4 heterocycles. The Morgan fingerprint density at radius 2 is 2.29 bits per heavy atom. The maximum Gasteiger partial charge on any atom is 0.274 e. The molecule has 3 aromatic rings. The smallest absolute Gasteiger partial charge is 0.274 e. The van der Waals surface area contributed by atoms with Crippen molar-refractivity contribution in [2.24, 2.45) is 0 Å². The third-order valence-corrected chi connectivity index (χ3v) is 6.04. The molecule has 8 heteroatoms. The maximum atomic E-state index is 13.2. The van der Waals surface area contributed by atoms with Gasteiger partial charge in [0.2, 0.25) is 5.95 Å². The van der Waals surface area contributed by atoms with Gasteiger partial charge < -0.3 is 15.0 Å². The summed E-state index contributed by atoms with van der Waals surface area (Å²) in [6, 6.07) is 5.87. The average Bonchev–Trinajstić information content (AvgIpc) is 3.33. The Bertz CT molecular complexity index is 991. The first-order valence-electron chi connectivity index (χ1n) is 9.32. The molecule has 0 aliphatic carbocycles. The highest BCUT2D eigenvalue weighted by Gasteiger charge is 2.29. The van der Waals surface area contributed by atoms with Crippen LogP contribution in [0.5, 0.6) is 0 Å². The number of aromatic nitrogens is 3. The Labute approximate surface area is 167 Å². The fourth-order valence-corrected chi connectivity index (χ4v) is 4.35. The van der Waals surface area contributed by atoms with Gasteiger partial charge in [0, 0.05) is 37.5 Å². The zero-order valence-electron chi connectivity index (χ0n) is 16.2. The van der Waals surface area contributed by atoms with E-state index in [0.717, 1.165) is 27.1 Å². The summed E-state index contributed by atoms with van der Waals surface area (Å²) in [5.74, 6) is 0.387. The van der Waals surface area contributed by atoms with E-state index in [1.807, 2.05) is 43.1 Å². The number of carbonyl (C=O) groups excluding carboxylic acids is 1. The molecule has 0 aromatic carbocycles. The molecule has 146 valence electrons. The van der Waals surface area contributed by atoms with Gasteiger partial charge in [0.05, 0.1) is 22.4 Å². The van der Waals surface area contributed by atoms with Gasteiger partial charge in [-0.3, -0.25) is 9.78 Å². The van der Waals surface area contributed by atoms with Crippen molar-refractivity contribution in [2.45, 2.75) is 32.4 Å². The predicted octanol–water partition coefficient (Wildman–Crippen LogP) is 3.43. The second-order valence-electron chi connectivity index (χ2n) is 7.02. The number of rotatable bonds is 5. The van der Waals surface area contributed by atoms with Crippen molar-refractivity contribution >= 4 is 33.4 Å². The lowest BCUT2D eigenvalue weighted by atomic mass is 10.1. The largest absolute Gasteiger partial charge is 0.380 e. The quantitative estimate of drug-likeness (QED) is 0.710. The molecule has 1 aliphatic heterocycles. The number of aryl methyl sites for hydroxylation is 1. The molecule has 0 saturated carbocycles. The van der Waals surface area contributed by atoms with Crippen LogP contribution in [-0.2, 0) is 4.74 Å². The van der Waals surface area contributed by atoms with Crippen molar-refractivity contribution in [2.75, 3.05) is 25.5 Å². The van der Waals surface area contributed by atoms with Crippen LogP contribution in [0.4, 0.5) is 5.95 Å². The second kappa shape index (κ2) is 7.81. The second-order valence-corrected chi connectivity index (χ2v) is 8.27. The van der Waals surface area contributed by atoms with E-state index in [1.165, 1.54) is 0 Å². The minimum absolute atomic E-state index is 0.0292. The first-order valence-corrected chi connectivity index (χ1v) is 10.1. The molecule has 3 aromatic heterocycles.